The number of carbonyl (C=O) groups is 1. The fourth-order valence-electron chi connectivity index (χ4n) is 6.50. The van der Waals surface area contributed by atoms with Crippen LogP contribution in [0.3, 0.4) is 0 Å². The lowest BCUT2D eigenvalue weighted by molar-refractivity contribution is -0.137. The number of carbonyl (C=O) groups excluding carboxylic acids is 1. The molecule has 1 aromatic rings. The number of rotatable bonds is 7. The minimum atomic E-state index is -0.516. The molecule has 5 saturated carbocycles. The molecule has 1 aromatic heterocycles. The van der Waals surface area contributed by atoms with Gasteiger partial charge >= 0.3 is 0 Å². The van der Waals surface area contributed by atoms with Crippen molar-refractivity contribution < 1.29 is 19.2 Å². The Morgan fingerprint density at radius 2 is 2.00 bits per heavy atom. The van der Waals surface area contributed by atoms with E-state index in [2.05, 4.69) is 16.4 Å². The van der Waals surface area contributed by atoms with Gasteiger partial charge < -0.3 is 19.7 Å². The second-order valence-electron chi connectivity index (χ2n) is 11.2. The fourth-order valence-corrected chi connectivity index (χ4v) is 7.84. The maximum Gasteiger partial charge on any atom is 0.291 e. The zero-order valence-corrected chi connectivity index (χ0v) is 19.9. The molecule has 5 aliphatic rings. The minimum Gasteiger partial charge on any atom is -0.473 e. The third-order valence-corrected chi connectivity index (χ3v) is 9.31. The summed E-state index contributed by atoms with van der Waals surface area (Å²) < 4.78 is 11.5. The number of terminal acetylenes is 1. The predicted octanol–water partition coefficient (Wildman–Crippen LogP) is 4.42. The summed E-state index contributed by atoms with van der Waals surface area (Å²) in [6, 6.07) is 0.0958. The summed E-state index contributed by atoms with van der Waals surface area (Å²) in [4.78, 5) is 14.1. The van der Waals surface area contributed by atoms with Crippen LogP contribution in [0.1, 0.15) is 82.2 Å². The van der Waals surface area contributed by atoms with Crippen LogP contribution < -0.4 is 10.1 Å². The number of aliphatic hydroxyl groups is 1. The highest BCUT2D eigenvalue weighted by Gasteiger charge is 2.55. The van der Waals surface area contributed by atoms with Crippen molar-refractivity contribution in [1.29, 1.82) is 0 Å². The second kappa shape index (κ2) is 8.29. The first-order valence-electron chi connectivity index (χ1n) is 12.1. The van der Waals surface area contributed by atoms with Crippen LogP contribution >= 0.6 is 11.8 Å². The predicted molar refractivity (Wildman–Crippen MR) is 122 cm³/mol. The van der Waals surface area contributed by atoms with Crippen molar-refractivity contribution in [2.24, 2.45) is 23.2 Å². The number of amides is 1. The van der Waals surface area contributed by atoms with E-state index in [1.54, 1.807) is 11.8 Å². The Bertz CT molecular complexity index is 898. The lowest BCUT2D eigenvalue weighted by Gasteiger charge is -2.58. The molecule has 6 nitrogen and oxygen atoms in total. The third-order valence-electron chi connectivity index (χ3n) is 7.91. The van der Waals surface area contributed by atoms with Crippen LogP contribution in [0.5, 0.6) is 5.88 Å². The van der Waals surface area contributed by atoms with Gasteiger partial charge in [-0.25, -0.2) is 0 Å². The first kappa shape index (κ1) is 22.2. The number of nitrogens with zero attached hydrogens (tertiary/aromatic N) is 1. The van der Waals surface area contributed by atoms with Crippen molar-refractivity contribution in [3.05, 3.63) is 5.76 Å². The van der Waals surface area contributed by atoms with Crippen LogP contribution in [0.2, 0.25) is 0 Å². The molecule has 5 aliphatic carbocycles. The molecule has 0 aromatic carbocycles. The van der Waals surface area contributed by atoms with E-state index in [-0.39, 0.29) is 17.7 Å². The van der Waals surface area contributed by atoms with Crippen molar-refractivity contribution in [2.45, 2.75) is 93.4 Å². The van der Waals surface area contributed by atoms with E-state index in [0.29, 0.717) is 40.4 Å². The zero-order chi connectivity index (χ0) is 22.5. The Labute approximate surface area is 194 Å². The van der Waals surface area contributed by atoms with Gasteiger partial charge in [0.15, 0.2) is 0 Å². The van der Waals surface area contributed by atoms with E-state index in [4.69, 9.17) is 15.7 Å². The number of aromatic nitrogens is 1. The van der Waals surface area contributed by atoms with E-state index in [1.165, 1.54) is 12.8 Å². The van der Waals surface area contributed by atoms with Gasteiger partial charge in [0.25, 0.3) is 11.8 Å². The number of hydrogen-bond donors (Lipinski definition) is 2. The number of ether oxygens (including phenoxy) is 1. The molecule has 0 aliphatic heterocycles. The van der Waals surface area contributed by atoms with Gasteiger partial charge in [0.05, 0.1) is 11.0 Å². The molecule has 0 radical (unpaired) electrons. The molecule has 2 N–H and O–H groups in total. The quantitative estimate of drug-likeness (QED) is 0.589. The summed E-state index contributed by atoms with van der Waals surface area (Å²) in [6.07, 6.45) is 15.0. The fraction of sp³-hybridized carbons (Fsp3) is 0.760. The Morgan fingerprint density at radius 3 is 2.62 bits per heavy atom. The molecule has 4 bridgehead atoms. The SMILES string of the molecule is C#CC(C)(C)COc1noc(C(=O)NC2C3CC4CC2CC(O)(C4)C3)c1SC1CCCC1. The largest absolute Gasteiger partial charge is 0.473 e. The number of nitrogens with one attached hydrogen (secondary N) is 1. The van der Waals surface area contributed by atoms with Gasteiger partial charge in [-0.1, -0.05) is 18.8 Å². The first-order chi connectivity index (χ1) is 15.3. The molecule has 32 heavy (non-hydrogen) atoms. The Kier molecular flexibility index (Phi) is 5.74. The van der Waals surface area contributed by atoms with Crippen molar-refractivity contribution in [1.82, 2.24) is 10.5 Å². The lowest BCUT2D eigenvalue weighted by atomic mass is 9.52. The van der Waals surface area contributed by atoms with Gasteiger partial charge in [-0.15, -0.1) is 18.2 Å². The summed E-state index contributed by atoms with van der Waals surface area (Å²) in [5.41, 5.74) is -0.949. The van der Waals surface area contributed by atoms with Crippen LogP contribution in [0.4, 0.5) is 0 Å². The molecule has 7 heteroatoms. The van der Waals surface area contributed by atoms with E-state index < -0.39 is 11.0 Å². The normalized spacial score (nSPS) is 33.9. The van der Waals surface area contributed by atoms with Crippen molar-refractivity contribution in [3.8, 4) is 18.2 Å². The van der Waals surface area contributed by atoms with Crippen LogP contribution in [0.15, 0.2) is 9.42 Å². The average molecular weight is 459 g/mol. The van der Waals surface area contributed by atoms with E-state index in [9.17, 15) is 9.90 Å². The van der Waals surface area contributed by atoms with Gasteiger partial charge in [-0.2, -0.15) is 0 Å². The average Bonchev–Trinajstić information content (AvgIpc) is 3.38. The summed E-state index contributed by atoms with van der Waals surface area (Å²) in [5, 5.41) is 18.7. The number of thioether (sulfide) groups is 1. The molecule has 174 valence electrons. The smallest absolute Gasteiger partial charge is 0.291 e. The van der Waals surface area contributed by atoms with Crippen LogP contribution in [0, 0.1) is 35.5 Å². The van der Waals surface area contributed by atoms with Gasteiger partial charge in [-0.3, -0.25) is 4.79 Å². The summed E-state index contributed by atoms with van der Waals surface area (Å²) in [6.45, 7) is 4.18. The Balaban J connectivity index is 1.34. The molecular weight excluding hydrogens is 424 g/mol. The van der Waals surface area contributed by atoms with Gasteiger partial charge in [0.1, 0.15) is 11.5 Å². The highest BCUT2D eigenvalue weighted by Crippen LogP contribution is 2.55. The molecule has 2 atom stereocenters. The van der Waals surface area contributed by atoms with Crippen LogP contribution in [0.25, 0.3) is 0 Å². The van der Waals surface area contributed by atoms with E-state index >= 15 is 0 Å². The first-order valence-corrected chi connectivity index (χ1v) is 12.9. The van der Waals surface area contributed by atoms with Crippen molar-refractivity contribution in [2.75, 3.05) is 6.61 Å². The third kappa shape index (κ3) is 4.28. The molecular formula is C25H34N2O4S. The number of hydrogen-bond acceptors (Lipinski definition) is 6. The molecule has 0 spiro atoms. The highest BCUT2D eigenvalue weighted by molar-refractivity contribution is 8.00. The van der Waals surface area contributed by atoms with Gasteiger partial charge in [-0.05, 0) is 81.7 Å². The maximum absolute atomic E-state index is 13.4. The van der Waals surface area contributed by atoms with E-state index in [0.717, 1.165) is 44.9 Å². The molecule has 1 amide bonds. The second-order valence-corrected chi connectivity index (χ2v) is 12.5. The van der Waals surface area contributed by atoms with Crippen LogP contribution in [-0.2, 0) is 0 Å². The highest BCUT2D eigenvalue weighted by atomic mass is 32.2. The molecule has 2 unspecified atom stereocenters. The van der Waals surface area contributed by atoms with Crippen LogP contribution in [-0.4, -0.2) is 39.7 Å². The van der Waals surface area contributed by atoms with Crippen molar-refractivity contribution >= 4 is 17.7 Å². The van der Waals surface area contributed by atoms with E-state index in [1.807, 2.05) is 13.8 Å². The lowest BCUT2D eigenvalue weighted by Crippen LogP contribution is -2.61. The molecule has 0 saturated heterocycles. The summed E-state index contributed by atoms with van der Waals surface area (Å²) >= 11 is 1.65. The summed E-state index contributed by atoms with van der Waals surface area (Å²) in [5.74, 6) is 4.43. The molecule has 6 rings (SSSR count). The summed E-state index contributed by atoms with van der Waals surface area (Å²) in [7, 11) is 0. The minimum absolute atomic E-state index is 0.0958. The van der Waals surface area contributed by atoms with Crippen molar-refractivity contribution in [3.63, 3.8) is 0 Å². The standard InChI is InChI=1S/C25H34N2O4S/c1-4-24(2,3)14-30-23-21(32-18-7-5-6-8-18)20(31-27-23)22(28)26-19-16-9-15-10-17(19)13-25(29,11-15)12-16/h1,15-19,29H,5-14H2,2-3H3,(H,26,28). The maximum atomic E-state index is 13.4. The monoisotopic (exact) mass is 458 g/mol. The topological polar surface area (TPSA) is 84.6 Å². The molecule has 5 fully saturated rings. The molecule has 1 heterocycles. The Hall–Kier alpha value is -1.65. The zero-order valence-electron chi connectivity index (χ0n) is 19.1. The van der Waals surface area contributed by atoms with Gasteiger partial charge in [0, 0.05) is 11.3 Å². The Morgan fingerprint density at radius 1 is 1.31 bits per heavy atom. The van der Waals surface area contributed by atoms with Gasteiger partial charge in [0.2, 0.25) is 5.76 Å².